The van der Waals surface area contributed by atoms with Gasteiger partial charge in [0.05, 0.1) is 24.3 Å². The van der Waals surface area contributed by atoms with Crippen LogP contribution in [0.15, 0.2) is 16.6 Å². The van der Waals surface area contributed by atoms with Crippen LogP contribution in [0.5, 0.6) is 11.5 Å². The second kappa shape index (κ2) is 8.08. The number of nitrogens with one attached hydrogen (secondary N) is 2. The highest BCUT2D eigenvalue weighted by Crippen LogP contribution is 2.47. The highest BCUT2D eigenvalue weighted by molar-refractivity contribution is 9.10. The Balaban J connectivity index is 1.65. The second-order valence-electron chi connectivity index (χ2n) is 8.78. The summed E-state index contributed by atoms with van der Waals surface area (Å²) in [7, 11) is 3.22. The van der Waals surface area contributed by atoms with Crippen LogP contribution in [0.1, 0.15) is 66.1 Å². The number of halogens is 1. The van der Waals surface area contributed by atoms with Gasteiger partial charge in [0.2, 0.25) is 0 Å². The van der Waals surface area contributed by atoms with E-state index in [1.165, 1.54) is 16.9 Å². The minimum atomic E-state index is -0.316. The summed E-state index contributed by atoms with van der Waals surface area (Å²) in [4.78, 5) is 14.5. The average Bonchev–Trinajstić information content (AvgIpc) is 3.11. The van der Waals surface area contributed by atoms with Crippen molar-refractivity contribution >= 4 is 38.2 Å². The van der Waals surface area contributed by atoms with E-state index in [0.29, 0.717) is 22.8 Å². The lowest BCUT2D eigenvalue weighted by Crippen LogP contribution is -2.38. The van der Waals surface area contributed by atoms with Crippen LogP contribution in [-0.4, -0.2) is 20.1 Å². The van der Waals surface area contributed by atoms with Gasteiger partial charge in [0.1, 0.15) is 11.2 Å². The van der Waals surface area contributed by atoms with Gasteiger partial charge in [-0.15, -0.1) is 11.3 Å². The number of ether oxygens (including phenoxy) is 2. The standard InChI is InChI=1S/C23H29BrN2O3S/c1-6-23(2,3)13-7-8-14-17(11-13)30-22-18(14)21(27)25-20(26-22)12-9-15(24)19(29-5)16(10-12)28-4/h9-10,13,20,26H,6-8,11H2,1-5H3,(H,25,27). The minimum absolute atomic E-state index is 0.00496. The first kappa shape index (κ1) is 21.5. The normalized spacial score (nSPS) is 20.7. The van der Waals surface area contributed by atoms with Gasteiger partial charge >= 0.3 is 0 Å². The zero-order chi connectivity index (χ0) is 21.6. The lowest BCUT2D eigenvalue weighted by Gasteiger charge is -2.36. The number of benzene rings is 1. The van der Waals surface area contributed by atoms with Gasteiger partial charge < -0.3 is 20.1 Å². The van der Waals surface area contributed by atoms with Crippen LogP contribution in [0, 0.1) is 11.3 Å². The van der Waals surface area contributed by atoms with Crippen molar-refractivity contribution in [2.75, 3.05) is 19.5 Å². The zero-order valence-corrected chi connectivity index (χ0v) is 20.6. The third-order valence-corrected chi connectivity index (χ3v) is 8.62. The first-order chi connectivity index (χ1) is 14.3. The Kier molecular flexibility index (Phi) is 5.79. The Hall–Kier alpha value is -1.73. The van der Waals surface area contributed by atoms with Gasteiger partial charge in [-0.25, -0.2) is 0 Å². The van der Waals surface area contributed by atoms with Crippen molar-refractivity contribution in [1.82, 2.24) is 5.32 Å². The molecule has 1 aliphatic carbocycles. The van der Waals surface area contributed by atoms with Crippen LogP contribution < -0.4 is 20.1 Å². The average molecular weight is 493 g/mol. The highest BCUT2D eigenvalue weighted by atomic mass is 79.9. The van der Waals surface area contributed by atoms with E-state index in [-0.39, 0.29) is 12.1 Å². The molecule has 2 aliphatic rings. The monoisotopic (exact) mass is 492 g/mol. The molecule has 30 heavy (non-hydrogen) atoms. The molecule has 1 aromatic carbocycles. The number of amides is 1. The van der Waals surface area contributed by atoms with E-state index in [9.17, 15) is 4.79 Å². The predicted octanol–water partition coefficient (Wildman–Crippen LogP) is 5.92. The Morgan fingerprint density at radius 1 is 1.23 bits per heavy atom. The van der Waals surface area contributed by atoms with E-state index in [4.69, 9.17) is 9.47 Å². The molecule has 2 heterocycles. The largest absolute Gasteiger partial charge is 0.493 e. The number of thiophene rings is 1. The number of anilines is 1. The molecule has 0 spiro atoms. The van der Waals surface area contributed by atoms with Crippen molar-refractivity contribution < 1.29 is 14.3 Å². The fourth-order valence-corrected chi connectivity index (χ4v) is 6.50. The molecule has 1 aliphatic heterocycles. The molecule has 2 unspecified atom stereocenters. The molecule has 0 fully saturated rings. The molecule has 7 heteroatoms. The van der Waals surface area contributed by atoms with Crippen LogP contribution in [0.3, 0.4) is 0 Å². The maximum absolute atomic E-state index is 13.1. The van der Waals surface area contributed by atoms with Crippen LogP contribution in [0.2, 0.25) is 0 Å². The van der Waals surface area contributed by atoms with Gasteiger partial charge in [-0.3, -0.25) is 4.79 Å². The fraction of sp³-hybridized carbons (Fsp3) is 0.522. The van der Waals surface area contributed by atoms with Gasteiger partial charge in [0.25, 0.3) is 5.91 Å². The van der Waals surface area contributed by atoms with Crippen LogP contribution >= 0.6 is 27.3 Å². The molecular weight excluding hydrogens is 464 g/mol. The molecule has 5 nitrogen and oxygen atoms in total. The van der Waals surface area contributed by atoms with Crippen molar-refractivity contribution in [2.45, 2.75) is 52.6 Å². The molecule has 2 N–H and O–H groups in total. The van der Waals surface area contributed by atoms with Crippen LogP contribution in [0.25, 0.3) is 0 Å². The number of methoxy groups -OCH3 is 2. The van der Waals surface area contributed by atoms with E-state index in [2.05, 4.69) is 47.3 Å². The van der Waals surface area contributed by atoms with Crippen molar-refractivity contribution in [1.29, 1.82) is 0 Å². The van der Waals surface area contributed by atoms with E-state index in [1.807, 2.05) is 12.1 Å². The number of hydrogen-bond acceptors (Lipinski definition) is 5. The molecule has 1 aromatic heterocycles. The summed E-state index contributed by atoms with van der Waals surface area (Å²) in [6.07, 6.45) is 4.06. The molecular formula is C23H29BrN2O3S. The molecule has 0 saturated heterocycles. The molecule has 162 valence electrons. The van der Waals surface area contributed by atoms with E-state index in [0.717, 1.165) is 39.9 Å². The van der Waals surface area contributed by atoms with Gasteiger partial charge in [-0.05, 0) is 69.8 Å². The molecule has 2 atom stereocenters. The second-order valence-corrected chi connectivity index (χ2v) is 10.7. The van der Waals surface area contributed by atoms with Crippen molar-refractivity contribution in [3.63, 3.8) is 0 Å². The maximum atomic E-state index is 13.1. The summed E-state index contributed by atoms with van der Waals surface area (Å²) in [5.74, 6) is 1.93. The molecule has 4 rings (SSSR count). The van der Waals surface area contributed by atoms with Gasteiger partial charge in [-0.1, -0.05) is 27.2 Å². The van der Waals surface area contributed by atoms with Crippen molar-refractivity contribution in [3.8, 4) is 11.5 Å². The summed E-state index contributed by atoms with van der Waals surface area (Å²) in [6.45, 7) is 7.01. The van der Waals surface area contributed by atoms with Crippen LogP contribution in [0.4, 0.5) is 5.00 Å². The highest BCUT2D eigenvalue weighted by Gasteiger charge is 2.37. The third kappa shape index (κ3) is 3.60. The summed E-state index contributed by atoms with van der Waals surface area (Å²) in [5, 5.41) is 7.67. The van der Waals surface area contributed by atoms with Crippen molar-refractivity contribution in [2.24, 2.45) is 11.3 Å². The topological polar surface area (TPSA) is 59.6 Å². The zero-order valence-electron chi connectivity index (χ0n) is 18.1. The van der Waals surface area contributed by atoms with E-state index < -0.39 is 0 Å². The summed E-state index contributed by atoms with van der Waals surface area (Å²) in [6, 6.07) is 3.86. The third-order valence-electron chi connectivity index (χ3n) is 6.85. The summed E-state index contributed by atoms with van der Waals surface area (Å²) in [5.41, 5.74) is 3.33. The number of carbonyl (C=O) groups excluding carboxylic acids is 1. The molecule has 0 saturated carbocycles. The van der Waals surface area contributed by atoms with E-state index >= 15 is 0 Å². The van der Waals surface area contributed by atoms with Gasteiger partial charge in [0, 0.05) is 4.88 Å². The van der Waals surface area contributed by atoms with Gasteiger partial charge in [-0.2, -0.15) is 0 Å². The van der Waals surface area contributed by atoms with Gasteiger partial charge in [0.15, 0.2) is 11.5 Å². The number of rotatable bonds is 5. The number of carbonyl (C=O) groups is 1. The SMILES string of the molecule is CCC(C)(C)C1CCc2c(sc3c2C(=O)NC(c2cc(Br)c(OC)c(OC)c2)N3)C1. The molecule has 0 bridgehead atoms. The lowest BCUT2D eigenvalue weighted by molar-refractivity contribution is 0.0934. The number of hydrogen-bond donors (Lipinski definition) is 2. The predicted molar refractivity (Wildman–Crippen MR) is 125 cm³/mol. The van der Waals surface area contributed by atoms with Crippen LogP contribution in [-0.2, 0) is 12.8 Å². The lowest BCUT2D eigenvalue weighted by atomic mass is 9.69. The summed E-state index contributed by atoms with van der Waals surface area (Å²) >= 11 is 5.30. The maximum Gasteiger partial charge on any atom is 0.256 e. The molecule has 2 aromatic rings. The molecule has 1 amide bonds. The first-order valence-corrected chi connectivity index (χ1v) is 12.0. The summed E-state index contributed by atoms with van der Waals surface area (Å²) < 4.78 is 11.7. The smallest absolute Gasteiger partial charge is 0.256 e. The quantitative estimate of drug-likeness (QED) is 0.543. The Bertz CT molecular complexity index is 985. The minimum Gasteiger partial charge on any atom is -0.493 e. The Morgan fingerprint density at radius 2 is 2.00 bits per heavy atom. The fourth-order valence-electron chi connectivity index (χ4n) is 4.53. The number of fused-ring (bicyclic) bond motifs is 3. The first-order valence-electron chi connectivity index (χ1n) is 10.4. The van der Waals surface area contributed by atoms with Crippen molar-refractivity contribution in [3.05, 3.63) is 38.2 Å². The molecule has 0 radical (unpaired) electrons. The van der Waals surface area contributed by atoms with E-state index in [1.54, 1.807) is 25.6 Å². The Morgan fingerprint density at radius 3 is 2.67 bits per heavy atom. The Labute approximate surface area is 190 Å².